The van der Waals surface area contributed by atoms with E-state index in [1.165, 1.54) is 48.5 Å². The van der Waals surface area contributed by atoms with Crippen LogP contribution in [-0.2, 0) is 19.2 Å². The molecule has 3 rings (SSSR count). The zero-order valence-electron chi connectivity index (χ0n) is 18.8. The van der Waals surface area contributed by atoms with Crippen LogP contribution in [-0.4, -0.2) is 80.1 Å². The molecule has 2 amide bonds. The first-order valence-electron chi connectivity index (χ1n) is 10.7. The van der Waals surface area contributed by atoms with Crippen molar-refractivity contribution < 1.29 is 44.4 Å². The highest BCUT2D eigenvalue weighted by molar-refractivity contribution is 6.45. The van der Waals surface area contributed by atoms with Crippen LogP contribution in [0.4, 0.5) is 0 Å². The van der Waals surface area contributed by atoms with Gasteiger partial charge in [0.15, 0.2) is 11.8 Å². The average molecular weight is 500 g/mol. The van der Waals surface area contributed by atoms with Gasteiger partial charge >= 0.3 is 11.9 Å². The van der Waals surface area contributed by atoms with Crippen molar-refractivity contribution in [3.05, 3.63) is 59.7 Å². The number of carboxylic acids is 2. The van der Waals surface area contributed by atoms with Crippen molar-refractivity contribution >= 4 is 29.5 Å². The van der Waals surface area contributed by atoms with Gasteiger partial charge in [-0.15, -0.1) is 0 Å². The molecule has 0 bridgehead atoms. The summed E-state index contributed by atoms with van der Waals surface area (Å²) < 4.78 is 5.40. The molecule has 0 aromatic heterocycles. The molecule has 0 spiro atoms. The predicted octanol–water partition coefficient (Wildman–Crippen LogP) is -0.0958. The summed E-state index contributed by atoms with van der Waals surface area (Å²) in [5.41, 5.74) is 5.51. The van der Waals surface area contributed by atoms with Gasteiger partial charge in [-0.25, -0.2) is 4.79 Å². The zero-order chi connectivity index (χ0) is 26.4. The van der Waals surface area contributed by atoms with E-state index in [9.17, 15) is 34.6 Å². The first kappa shape index (κ1) is 26.0. The highest BCUT2D eigenvalue weighted by Crippen LogP contribution is 2.28. The Morgan fingerprint density at radius 2 is 1.72 bits per heavy atom. The van der Waals surface area contributed by atoms with E-state index in [0.29, 0.717) is 5.75 Å². The van der Waals surface area contributed by atoms with E-state index in [-0.39, 0.29) is 42.2 Å². The fourth-order valence-electron chi connectivity index (χ4n) is 3.50. The van der Waals surface area contributed by atoms with Crippen LogP contribution in [0.1, 0.15) is 23.6 Å². The molecule has 2 aromatic carbocycles. The largest absolute Gasteiger partial charge is 0.508 e. The van der Waals surface area contributed by atoms with E-state index in [0.717, 1.165) is 4.90 Å². The first-order valence-corrected chi connectivity index (χ1v) is 10.7. The molecule has 190 valence electrons. The molecule has 1 aliphatic rings. The number of β-lactam (4-membered cyclic amide) rings is 1. The standard InChI is InChI=1S/C23H24N4O9/c24-16(22(31)32)9-10-36-15-7-3-12(4-8-15)18(26-35)20(29)25-17-11-27(21(17)30)19(23(33)34)13-1-5-14(28)6-2-13/h1-8,16-17,19,28,35H,9-11,24H2,(H,25,29)(H,31,32)(H,33,34)/b26-18-. The van der Waals surface area contributed by atoms with Gasteiger partial charge in [-0.2, -0.15) is 0 Å². The van der Waals surface area contributed by atoms with Crippen LogP contribution in [0, 0.1) is 0 Å². The van der Waals surface area contributed by atoms with Crippen LogP contribution in [0.15, 0.2) is 53.7 Å². The highest BCUT2D eigenvalue weighted by atomic mass is 16.5. The maximum absolute atomic E-state index is 12.6. The molecule has 13 nitrogen and oxygen atoms in total. The second-order valence-corrected chi connectivity index (χ2v) is 7.90. The third kappa shape index (κ3) is 5.88. The van der Waals surface area contributed by atoms with Gasteiger partial charge in [0.2, 0.25) is 5.91 Å². The highest BCUT2D eigenvalue weighted by Gasteiger charge is 2.45. The van der Waals surface area contributed by atoms with E-state index in [1.807, 2.05) is 0 Å². The lowest BCUT2D eigenvalue weighted by molar-refractivity contribution is -0.160. The molecule has 1 heterocycles. The summed E-state index contributed by atoms with van der Waals surface area (Å²) >= 11 is 0. The molecule has 13 heteroatoms. The molecule has 36 heavy (non-hydrogen) atoms. The van der Waals surface area contributed by atoms with E-state index < -0.39 is 41.9 Å². The minimum atomic E-state index is -1.30. The topological polar surface area (TPSA) is 212 Å². The van der Waals surface area contributed by atoms with Crippen LogP contribution < -0.4 is 15.8 Å². The number of ether oxygens (including phenoxy) is 1. The summed E-state index contributed by atoms with van der Waals surface area (Å²) in [5.74, 6) is -3.59. The van der Waals surface area contributed by atoms with Crippen LogP contribution >= 0.6 is 0 Å². The summed E-state index contributed by atoms with van der Waals surface area (Å²) in [6.45, 7) is -0.0393. The molecule has 7 N–H and O–H groups in total. The number of rotatable bonds is 11. The van der Waals surface area contributed by atoms with Crippen LogP contribution in [0.25, 0.3) is 0 Å². The monoisotopic (exact) mass is 500 g/mol. The number of aromatic hydroxyl groups is 1. The predicted molar refractivity (Wildman–Crippen MR) is 123 cm³/mol. The minimum absolute atomic E-state index is 0.0516. The van der Waals surface area contributed by atoms with Crippen LogP contribution in [0.2, 0.25) is 0 Å². The SMILES string of the molecule is NC(CCOc1ccc(/C(=N/O)C(=O)NC2CN(C(C(=O)O)c3ccc(O)cc3)C2=O)cc1)C(=O)O. The number of amides is 2. The van der Waals surface area contributed by atoms with Crippen molar-refractivity contribution in [3.63, 3.8) is 0 Å². The molecule has 1 saturated heterocycles. The molecule has 0 radical (unpaired) electrons. The normalized spacial score (nSPS) is 17.0. The van der Waals surface area contributed by atoms with Gasteiger partial charge in [0.25, 0.3) is 5.91 Å². The molecular weight excluding hydrogens is 476 g/mol. The molecule has 3 unspecified atom stereocenters. The number of benzene rings is 2. The van der Waals surface area contributed by atoms with Crippen molar-refractivity contribution in [2.45, 2.75) is 24.5 Å². The third-order valence-corrected chi connectivity index (χ3v) is 5.48. The first-order chi connectivity index (χ1) is 17.1. The minimum Gasteiger partial charge on any atom is -0.508 e. The van der Waals surface area contributed by atoms with Crippen molar-refractivity contribution in [1.29, 1.82) is 0 Å². The van der Waals surface area contributed by atoms with Crippen molar-refractivity contribution in [3.8, 4) is 11.5 Å². The molecule has 0 saturated carbocycles. The van der Waals surface area contributed by atoms with Gasteiger partial charge in [-0.05, 0) is 42.0 Å². The summed E-state index contributed by atoms with van der Waals surface area (Å²) in [7, 11) is 0. The number of nitrogens with one attached hydrogen (secondary N) is 1. The number of nitrogens with two attached hydrogens (primary N) is 1. The number of carboxylic acid groups (broad SMARTS) is 2. The molecule has 1 aliphatic heterocycles. The summed E-state index contributed by atoms with van der Waals surface area (Å²) in [4.78, 5) is 48.8. The van der Waals surface area contributed by atoms with Gasteiger partial charge in [-0.3, -0.25) is 14.4 Å². The lowest BCUT2D eigenvalue weighted by Gasteiger charge is -2.42. The molecule has 1 fully saturated rings. The van der Waals surface area contributed by atoms with Crippen molar-refractivity contribution in [2.75, 3.05) is 13.2 Å². The van der Waals surface area contributed by atoms with Gasteiger partial charge in [0.1, 0.15) is 23.6 Å². The van der Waals surface area contributed by atoms with Crippen molar-refractivity contribution in [2.24, 2.45) is 10.9 Å². The van der Waals surface area contributed by atoms with Crippen molar-refractivity contribution in [1.82, 2.24) is 10.2 Å². The number of hydrogen-bond donors (Lipinski definition) is 6. The number of phenols is 1. The molecular formula is C23H24N4O9. The third-order valence-electron chi connectivity index (χ3n) is 5.48. The van der Waals surface area contributed by atoms with Gasteiger partial charge in [0, 0.05) is 12.0 Å². The van der Waals surface area contributed by atoms with Gasteiger partial charge in [0.05, 0.1) is 13.2 Å². The summed E-state index contributed by atoms with van der Waals surface area (Å²) in [6.07, 6.45) is 0.0880. The summed E-state index contributed by atoms with van der Waals surface area (Å²) in [6, 6.07) is 7.83. The Balaban J connectivity index is 1.59. The quantitative estimate of drug-likeness (QED) is 0.104. The second kappa shape index (κ2) is 11.2. The molecule has 2 aromatic rings. The smallest absolute Gasteiger partial charge is 0.331 e. The second-order valence-electron chi connectivity index (χ2n) is 7.90. The fraction of sp³-hybridized carbons (Fsp3) is 0.261. The maximum Gasteiger partial charge on any atom is 0.331 e. The number of hydrogen-bond acceptors (Lipinski definition) is 9. The van der Waals surface area contributed by atoms with Gasteiger partial charge in [-0.1, -0.05) is 17.3 Å². The number of oxime groups is 1. The lowest BCUT2D eigenvalue weighted by atomic mass is 9.97. The maximum atomic E-state index is 12.6. The van der Waals surface area contributed by atoms with E-state index >= 15 is 0 Å². The van der Waals surface area contributed by atoms with Gasteiger partial charge < -0.3 is 41.2 Å². The van der Waals surface area contributed by atoms with Crippen LogP contribution in [0.3, 0.4) is 0 Å². The average Bonchev–Trinajstić information content (AvgIpc) is 2.85. The Kier molecular flexibility index (Phi) is 8.07. The Morgan fingerprint density at radius 1 is 1.08 bits per heavy atom. The van der Waals surface area contributed by atoms with E-state index in [1.54, 1.807) is 0 Å². The Hall–Kier alpha value is -4.65. The van der Waals surface area contributed by atoms with Crippen LogP contribution in [0.5, 0.6) is 11.5 Å². The lowest BCUT2D eigenvalue weighted by Crippen LogP contribution is -2.66. The van der Waals surface area contributed by atoms with E-state index in [4.69, 9.17) is 15.6 Å². The number of likely N-dealkylation sites (tertiary alicyclic amines) is 1. The zero-order valence-corrected chi connectivity index (χ0v) is 18.8. The number of phenolic OH excluding ortho intramolecular Hbond substituents is 1. The Labute approximate surface area is 204 Å². The Bertz CT molecular complexity index is 1170. The number of nitrogens with zero attached hydrogens (tertiary/aromatic N) is 2. The Morgan fingerprint density at radius 3 is 2.25 bits per heavy atom. The number of aliphatic carboxylic acids is 2. The molecule has 0 aliphatic carbocycles. The number of carbonyl (C=O) groups excluding carboxylic acids is 2. The number of carbonyl (C=O) groups is 4. The molecule has 3 atom stereocenters. The fourth-order valence-corrected chi connectivity index (χ4v) is 3.50. The summed E-state index contributed by atoms with van der Waals surface area (Å²) in [5, 5.41) is 42.5. The van der Waals surface area contributed by atoms with E-state index in [2.05, 4.69) is 10.5 Å².